The van der Waals surface area contributed by atoms with Gasteiger partial charge in [0.2, 0.25) is 0 Å². The molecule has 2 atom stereocenters. The van der Waals surface area contributed by atoms with Crippen LogP contribution in [0.15, 0.2) is 24.3 Å². The van der Waals surface area contributed by atoms with Crippen LogP contribution in [-0.4, -0.2) is 33.8 Å². The zero-order chi connectivity index (χ0) is 24.9. The lowest BCUT2D eigenvalue weighted by molar-refractivity contribution is -0.146. The maximum absolute atomic E-state index is 12.0. The molecule has 184 valence electrons. The molecule has 0 radical (unpaired) electrons. The minimum atomic E-state index is -4.22. The Hall–Kier alpha value is -1.58. The molecule has 2 unspecified atom stereocenters. The lowest BCUT2D eigenvalue weighted by Gasteiger charge is -2.34. The average molecular weight is 461 g/mol. The summed E-state index contributed by atoms with van der Waals surface area (Å²) in [7, 11) is -1.32. The molecule has 0 fully saturated rings. The predicted octanol–water partition coefficient (Wildman–Crippen LogP) is 5.14. The van der Waals surface area contributed by atoms with Crippen molar-refractivity contribution >= 4 is 13.1 Å². The molecule has 0 aliphatic rings. The first kappa shape index (κ1) is 30.4. The van der Waals surface area contributed by atoms with Gasteiger partial charge in [-0.25, -0.2) is 0 Å². The second-order valence-electron chi connectivity index (χ2n) is 8.70. The van der Waals surface area contributed by atoms with Gasteiger partial charge in [-0.3, -0.25) is 4.79 Å². The van der Waals surface area contributed by atoms with E-state index in [-0.39, 0.29) is 12.2 Å². The number of benzene rings is 1. The fourth-order valence-electron chi connectivity index (χ4n) is 3.52. The molecule has 0 spiro atoms. The van der Waals surface area contributed by atoms with E-state index < -0.39 is 30.4 Å². The molecule has 1 rings (SSSR count). The molecule has 1 aromatic rings. The molecule has 0 saturated heterocycles. The van der Waals surface area contributed by atoms with Gasteiger partial charge < -0.3 is 20.9 Å². The molecule has 0 aliphatic heterocycles. The van der Waals surface area contributed by atoms with Crippen LogP contribution >= 0.6 is 0 Å². The van der Waals surface area contributed by atoms with Crippen LogP contribution in [0.1, 0.15) is 77.3 Å². The third kappa shape index (κ3) is 11.3. The summed E-state index contributed by atoms with van der Waals surface area (Å²) in [6, 6.07) is 5.23. The molecular weight excluding hydrogens is 422 g/mol. The quantitative estimate of drug-likeness (QED) is 0.255. The fourth-order valence-corrected chi connectivity index (χ4v) is 3.52. The molecule has 0 amide bonds. The number of halogens is 3. The van der Waals surface area contributed by atoms with Gasteiger partial charge in [0.25, 0.3) is 0 Å². The van der Waals surface area contributed by atoms with Gasteiger partial charge in [0.05, 0.1) is 5.56 Å². The SMILES string of the molecule is CCC(CCC(C)C)C(N)(CCCCB(O)O)C(=O)O.CCc1ccc(C(F)(F)F)cc1. The maximum Gasteiger partial charge on any atom is 0.451 e. The maximum atomic E-state index is 12.0. The standard InChI is InChI=1S/C14H30BNO4.C9H9F3/c1-4-12(8-7-11(2)3)14(16,13(17)18)9-5-6-10-15(19)20;1-2-7-3-5-8(6-4-7)9(10,11)12/h11-12,19-20H,4-10,16H2,1-3H3,(H,17,18);3-6H,2H2,1H3. The van der Waals surface area contributed by atoms with Gasteiger partial charge in [-0.1, -0.05) is 65.5 Å². The monoisotopic (exact) mass is 461 g/mol. The molecule has 0 aromatic heterocycles. The highest BCUT2D eigenvalue weighted by atomic mass is 19.4. The number of alkyl halides is 3. The Labute approximate surface area is 190 Å². The second-order valence-corrected chi connectivity index (χ2v) is 8.70. The molecule has 5 N–H and O–H groups in total. The van der Waals surface area contributed by atoms with Crippen LogP contribution in [0.4, 0.5) is 13.2 Å². The highest BCUT2D eigenvalue weighted by Gasteiger charge is 2.40. The molecular formula is C23H39BF3NO4. The normalized spacial score (nSPS) is 14.3. The predicted molar refractivity (Wildman–Crippen MR) is 122 cm³/mol. The summed E-state index contributed by atoms with van der Waals surface area (Å²) >= 11 is 0. The molecule has 0 bridgehead atoms. The van der Waals surface area contributed by atoms with Gasteiger partial charge in [-0.05, 0) is 55.1 Å². The third-order valence-corrected chi connectivity index (χ3v) is 5.70. The first-order chi connectivity index (χ1) is 14.8. The van der Waals surface area contributed by atoms with Gasteiger partial charge in [0.1, 0.15) is 5.54 Å². The van der Waals surface area contributed by atoms with Crippen molar-refractivity contribution in [3.8, 4) is 0 Å². The lowest BCUT2D eigenvalue weighted by Crippen LogP contribution is -2.54. The first-order valence-corrected chi connectivity index (χ1v) is 11.3. The minimum Gasteiger partial charge on any atom is -0.480 e. The van der Waals surface area contributed by atoms with Gasteiger partial charge in [-0.2, -0.15) is 13.2 Å². The number of nitrogens with two attached hydrogens (primary N) is 1. The highest BCUT2D eigenvalue weighted by Crippen LogP contribution is 2.30. The molecule has 0 aliphatic carbocycles. The second kappa shape index (κ2) is 14.5. The smallest absolute Gasteiger partial charge is 0.451 e. The topological polar surface area (TPSA) is 104 Å². The van der Waals surface area contributed by atoms with Gasteiger partial charge in [-0.15, -0.1) is 0 Å². The summed E-state index contributed by atoms with van der Waals surface area (Å²) in [5.41, 5.74) is 5.31. The van der Waals surface area contributed by atoms with Crippen LogP contribution in [0.25, 0.3) is 0 Å². The number of aryl methyl sites for hydroxylation is 1. The summed E-state index contributed by atoms with van der Waals surface area (Å²) in [6.45, 7) is 8.12. The number of carboxylic acids is 1. The number of aliphatic carboxylic acids is 1. The molecule has 9 heteroatoms. The third-order valence-electron chi connectivity index (χ3n) is 5.70. The van der Waals surface area contributed by atoms with Crippen LogP contribution in [0.5, 0.6) is 0 Å². The number of hydrogen-bond donors (Lipinski definition) is 4. The number of hydrogen-bond acceptors (Lipinski definition) is 4. The lowest BCUT2D eigenvalue weighted by atomic mass is 9.74. The van der Waals surface area contributed by atoms with Crippen molar-refractivity contribution in [1.82, 2.24) is 0 Å². The molecule has 5 nitrogen and oxygen atoms in total. The van der Waals surface area contributed by atoms with E-state index in [4.69, 9.17) is 15.8 Å². The van der Waals surface area contributed by atoms with Crippen molar-refractivity contribution in [2.45, 2.75) is 90.7 Å². The highest BCUT2D eigenvalue weighted by molar-refractivity contribution is 6.40. The number of carbonyl (C=O) groups is 1. The Morgan fingerprint density at radius 1 is 1.06 bits per heavy atom. The van der Waals surface area contributed by atoms with Crippen molar-refractivity contribution in [1.29, 1.82) is 0 Å². The Morgan fingerprint density at radius 3 is 2.00 bits per heavy atom. The zero-order valence-corrected chi connectivity index (χ0v) is 19.7. The Morgan fingerprint density at radius 2 is 1.62 bits per heavy atom. The Kier molecular flexibility index (Phi) is 13.8. The van der Waals surface area contributed by atoms with Gasteiger partial charge >= 0.3 is 19.3 Å². The van der Waals surface area contributed by atoms with E-state index in [9.17, 15) is 23.1 Å². The van der Waals surface area contributed by atoms with E-state index >= 15 is 0 Å². The van der Waals surface area contributed by atoms with Gasteiger partial charge in [0, 0.05) is 0 Å². The molecule has 0 heterocycles. The van der Waals surface area contributed by atoms with Gasteiger partial charge in [0.15, 0.2) is 0 Å². The summed E-state index contributed by atoms with van der Waals surface area (Å²) < 4.78 is 36.1. The van der Waals surface area contributed by atoms with Crippen LogP contribution in [-0.2, 0) is 17.4 Å². The van der Waals surface area contributed by atoms with Crippen molar-refractivity contribution < 1.29 is 33.1 Å². The van der Waals surface area contributed by atoms with E-state index in [0.717, 1.165) is 43.4 Å². The Balaban J connectivity index is 0.000000677. The number of rotatable bonds is 12. The molecule has 32 heavy (non-hydrogen) atoms. The minimum absolute atomic E-state index is 0.0403. The van der Waals surface area contributed by atoms with E-state index in [1.165, 1.54) is 12.1 Å². The van der Waals surface area contributed by atoms with E-state index in [1.54, 1.807) is 0 Å². The van der Waals surface area contributed by atoms with E-state index in [1.807, 2.05) is 13.8 Å². The van der Waals surface area contributed by atoms with Crippen LogP contribution < -0.4 is 5.73 Å². The van der Waals surface area contributed by atoms with E-state index in [2.05, 4.69) is 13.8 Å². The fraction of sp³-hybridized carbons (Fsp3) is 0.696. The summed E-state index contributed by atoms with van der Waals surface area (Å²) in [5.74, 6) is -0.453. The van der Waals surface area contributed by atoms with E-state index in [0.29, 0.717) is 25.2 Å². The summed E-state index contributed by atoms with van der Waals surface area (Å²) in [6.07, 6.45) is 0.898. The summed E-state index contributed by atoms with van der Waals surface area (Å²) in [5, 5.41) is 27.1. The number of unbranched alkanes of at least 4 members (excludes halogenated alkanes) is 1. The molecule has 0 saturated carbocycles. The van der Waals surface area contributed by atoms with Crippen molar-refractivity contribution in [3.63, 3.8) is 0 Å². The van der Waals surface area contributed by atoms with Crippen molar-refractivity contribution in [2.75, 3.05) is 0 Å². The largest absolute Gasteiger partial charge is 0.480 e. The van der Waals surface area contributed by atoms with Crippen LogP contribution in [0, 0.1) is 11.8 Å². The molecule has 1 aromatic carbocycles. The number of carboxylic acid groups (broad SMARTS) is 1. The van der Waals surface area contributed by atoms with Crippen molar-refractivity contribution in [3.05, 3.63) is 35.4 Å². The average Bonchev–Trinajstić information content (AvgIpc) is 2.71. The summed E-state index contributed by atoms with van der Waals surface area (Å²) in [4.78, 5) is 11.6. The van der Waals surface area contributed by atoms with Crippen LogP contribution in [0.3, 0.4) is 0 Å². The first-order valence-electron chi connectivity index (χ1n) is 11.3. The van der Waals surface area contributed by atoms with Crippen molar-refractivity contribution in [2.24, 2.45) is 17.6 Å². The van der Waals surface area contributed by atoms with Crippen LogP contribution in [0.2, 0.25) is 6.32 Å². The zero-order valence-electron chi connectivity index (χ0n) is 19.7. The Bertz CT molecular complexity index is 654.